The van der Waals surface area contributed by atoms with E-state index >= 15 is 0 Å². The van der Waals surface area contributed by atoms with E-state index in [1.807, 2.05) is 30.3 Å². The SMILES string of the molecule is O=S(=O)(Nc1ccc2c(c1)CN(S(=O)(=O)c1ccc(F)cc1)CC2)c1ccc2ccccc2c1. The normalized spacial score (nSPS) is 14.6. The number of hydrogen-bond acceptors (Lipinski definition) is 4. The fraction of sp³-hybridized carbons (Fsp3) is 0.120. The molecule has 0 amide bonds. The van der Waals surface area contributed by atoms with Crippen LogP contribution in [0.15, 0.2) is 94.7 Å². The van der Waals surface area contributed by atoms with Crippen molar-refractivity contribution in [1.29, 1.82) is 0 Å². The highest BCUT2D eigenvalue weighted by Crippen LogP contribution is 2.28. The molecule has 1 aliphatic heterocycles. The average molecular weight is 497 g/mol. The summed E-state index contributed by atoms with van der Waals surface area (Å²) in [5.41, 5.74) is 2.03. The molecular weight excluding hydrogens is 475 g/mol. The lowest BCUT2D eigenvalue weighted by Crippen LogP contribution is -2.36. The predicted molar refractivity (Wildman–Crippen MR) is 129 cm³/mol. The van der Waals surface area contributed by atoms with Crippen LogP contribution in [0.3, 0.4) is 0 Å². The zero-order valence-electron chi connectivity index (χ0n) is 18.0. The summed E-state index contributed by atoms with van der Waals surface area (Å²) >= 11 is 0. The van der Waals surface area contributed by atoms with Crippen LogP contribution in [0.4, 0.5) is 10.1 Å². The smallest absolute Gasteiger partial charge is 0.261 e. The Morgan fingerprint density at radius 1 is 0.735 bits per heavy atom. The molecular formula is C25H21FN2O4S2. The Labute approximate surface area is 197 Å². The van der Waals surface area contributed by atoms with Gasteiger partial charge in [-0.15, -0.1) is 0 Å². The molecule has 0 bridgehead atoms. The Morgan fingerprint density at radius 2 is 1.44 bits per heavy atom. The van der Waals surface area contributed by atoms with Gasteiger partial charge in [-0.2, -0.15) is 4.31 Å². The highest BCUT2D eigenvalue weighted by molar-refractivity contribution is 7.92. The maximum atomic E-state index is 13.2. The molecule has 0 fully saturated rings. The van der Waals surface area contributed by atoms with Crippen LogP contribution in [0.1, 0.15) is 11.1 Å². The lowest BCUT2D eigenvalue weighted by molar-refractivity contribution is 0.391. The van der Waals surface area contributed by atoms with Gasteiger partial charge in [-0.1, -0.05) is 36.4 Å². The van der Waals surface area contributed by atoms with Crippen molar-refractivity contribution in [2.45, 2.75) is 22.8 Å². The number of anilines is 1. The standard InChI is InChI=1S/C25H21FN2O4S2/c26-22-7-11-24(12-8-22)34(31,32)28-14-13-19-5-9-23(15-21(19)17-28)27-33(29,30)25-10-6-18-3-1-2-4-20(18)16-25/h1-12,15-16,27H,13-14,17H2. The summed E-state index contributed by atoms with van der Waals surface area (Å²) in [7, 11) is -7.64. The number of nitrogens with zero attached hydrogens (tertiary/aromatic N) is 1. The molecule has 0 unspecified atom stereocenters. The molecule has 34 heavy (non-hydrogen) atoms. The Morgan fingerprint density at radius 3 is 2.21 bits per heavy atom. The van der Waals surface area contributed by atoms with Crippen molar-refractivity contribution in [2.24, 2.45) is 0 Å². The summed E-state index contributed by atoms with van der Waals surface area (Å²) in [6.07, 6.45) is 0.494. The van der Waals surface area contributed by atoms with Crippen LogP contribution in [-0.2, 0) is 33.0 Å². The van der Waals surface area contributed by atoms with Gasteiger partial charge in [0.05, 0.1) is 9.79 Å². The van der Waals surface area contributed by atoms with Gasteiger partial charge in [-0.05, 0) is 76.9 Å². The monoisotopic (exact) mass is 496 g/mol. The van der Waals surface area contributed by atoms with Crippen LogP contribution in [0.2, 0.25) is 0 Å². The van der Waals surface area contributed by atoms with Crippen LogP contribution in [-0.4, -0.2) is 27.7 Å². The second kappa shape index (κ2) is 8.50. The van der Waals surface area contributed by atoms with E-state index < -0.39 is 25.9 Å². The second-order valence-corrected chi connectivity index (χ2v) is 11.8. The van der Waals surface area contributed by atoms with Gasteiger partial charge in [-0.25, -0.2) is 21.2 Å². The van der Waals surface area contributed by atoms with E-state index in [1.54, 1.807) is 30.3 Å². The number of nitrogens with one attached hydrogen (secondary N) is 1. The van der Waals surface area contributed by atoms with Gasteiger partial charge in [0.25, 0.3) is 10.0 Å². The fourth-order valence-corrected chi connectivity index (χ4v) is 6.61. The van der Waals surface area contributed by atoms with Crippen molar-refractivity contribution in [3.63, 3.8) is 0 Å². The lowest BCUT2D eigenvalue weighted by atomic mass is 10.0. The van der Waals surface area contributed by atoms with Gasteiger partial charge in [0.2, 0.25) is 10.0 Å². The molecule has 0 aliphatic carbocycles. The summed E-state index contributed by atoms with van der Waals surface area (Å²) in [4.78, 5) is 0.162. The second-order valence-electron chi connectivity index (χ2n) is 8.14. The van der Waals surface area contributed by atoms with Gasteiger partial charge in [0.15, 0.2) is 0 Å². The van der Waals surface area contributed by atoms with Crippen molar-refractivity contribution in [3.8, 4) is 0 Å². The molecule has 4 aromatic carbocycles. The van der Waals surface area contributed by atoms with E-state index in [0.29, 0.717) is 12.1 Å². The van der Waals surface area contributed by atoms with Crippen molar-refractivity contribution in [1.82, 2.24) is 4.31 Å². The van der Waals surface area contributed by atoms with E-state index in [2.05, 4.69) is 4.72 Å². The first-order chi connectivity index (χ1) is 16.2. The minimum absolute atomic E-state index is 0.0190. The first-order valence-electron chi connectivity index (χ1n) is 10.6. The minimum atomic E-state index is -3.84. The number of halogens is 1. The van der Waals surface area contributed by atoms with Gasteiger partial charge >= 0.3 is 0 Å². The number of hydrogen-bond donors (Lipinski definition) is 1. The molecule has 1 heterocycles. The summed E-state index contributed by atoms with van der Waals surface area (Å²) < 4.78 is 69.2. The van der Waals surface area contributed by atoms with E-state index in [-0.39, 0.29) is 22.9 Å². The molecule has 6 nitrogen and oxygen atoms in total. The third kappa shape index (κ3) is 4.29. The van der Waals surface area contributed by atoms with Crippen LogP contribution in [0.5, 0.6) is 0 Å². The van der Waals surface area contributed by atoms with Gasteiger partial charge in [0.1, 0.15) is 5.82 Å². The molecule has 0 aromatic heterocycles. The first kappa shape index (κ1) is 22.5. The third-order valence-electron chi connectivity index (χ3n) is 5.92. The number of benzene rings is 4. The summed E-state index contributed by atoms with van der Waals surface area (Å²) in [6, 6.07) is 22.3. The Kier molecular flexibility index (Phi) is 5.63. The van der Waals surface area contributed by atoms with Crippen molar-refractivity contribution in [3.05, 3.63) is 102 Å². The molecule has 4 aromatic rings. The Hall–Kier alpha value is -3.27. The maximum absolute atomic E-state index is 13.2. The lowest BCUT2D eigenvalue weighted by Gasteiger charge is -2.28. The van der Waals surface area contributed by atoms with Gasteiger partial charge < -0.3 is 0 Å². The van der Waals surface area contributed by atoms with Gasteiger partial charge in [-0.3, -0.25) is 4.72 Å². The number of fused-ring (bicyclic) bond motifs is 2. The highest BCUT2D eigenvalue weighted by Gasteiger charge is 2.28. The van der Waals surface area contributed by atoms with E-state index in [9.17, 15) is 21.2 Å². The van der Waals surface area contributed by atoms with Crippen molar-refractivity contribution in [2.75, 3.05) is 11.3 Å². The molecule has 1 aliphatic rings. The third-order valence-corrected chi connectivity index (χ3v) is 9.16. The number of sulfonamides is 2. The number of rotatable bonds is 5. The largest absolute Gasteiger partial charge is 0.280 e. The predicted octanol–water partition coefficient (Wildman–Crippen LogP) is 4.53. The highest BCUT2D eigenvalue weighted by atomic mass is 32.2. The molecule has 0 spiro atoms. The maximum Gasteiger partial charge on any atom is 0.261 e. The minimum Gasteiger partial charge on any atom is -0.280 e. The molecule has 174 valence electrons. The zero-order valence-corrected chi connectivity index (χ0v) is 19.6. The fourth-order valence-electron chi connectivity index (χ4n) is 4.10. The molecule has 1 N–H and O–H groups in total. The quantitative estimate of drug-likeness (QED) is 0.440. The van der Waals surface area contributed by atoms with Crippen molar-refractivity contribution >= 4 is 36.5 Å². The molecule has 0 saturated carbocycles. The molecule has 5 rings (SSSR count). The van der Waals surface area contributed by atoms with E-state index in [1.165, 1.54) is 16.4 Å². The Balaban J connectivity index is 1.40. The average Bonchev–Trinajstić information content (AvgIpc) is 2.83. The molecule has 0 radical (unpaired) electrons. The molecule has 0 saturated heterocycles. The van der Waals surface area contributed by atoms with Crippen LogP contribution < -0.4 is 4.72 Å². The zero-order chi connectivity index (χ0) is 23.9. The van der Waals surface area contributed by atoms with E-state index in [4.69, 9.17) is 0 Å². The topological polar surface area (TPSA) is 83.6 Å². The van der Waals surface area contributed by atoms with Crippen molar-refractivity contribution < 1.29 is 21.2 Å². The van der Waals surface area contributed by atoms with Gasteiger partial charge in [0, 0.05) is 18.8 Å². The first-order valence-corrected chi connectivity index (χ1v) is 13.5. The molecule has 9 heteroatoms. The Bertz CT molecular complexity index is 1600. The van der Waals surface area contributed by atoms with Crippen LogP contribution in [0.25, 0.3) is 10.8 Å². The summed E-state index contributed by atoms with van der Waals surface area (Å²) in [5, 5.41) is 1.76. The molecule has 0 atom stereocenters. The van der Waals surface area contributed by atoms with Crippen LogP contribution in [0, 0.1) is 5.82 Å². The van der Waals surface area contributed by atoms with Crippen LogP contribution >= 0.6 is 0 Å². The summed E-state index contributed by atoms with van der Waals surface area (Å²) in [5.74, 6) is -0.508. The summed E-state index contributed by atoms with van der Waals surface area (Å²) in [6.45, 7) is 0.384. The van der Waals surface area contributed by atoms with E-state index in [0.717, 1.165) is 34.0 Å².